The Balaban J connectivity index is 1.68. The molecule has 0 radical (unpaired) electrons. The highest BCUT2D eigenvalue weighted by atomic mass is 16.5. The molecular formula is C27H31N3O4. The van der Waals surface area contributed by atoms with Gasteiger partial charge in [0, 0.05) is 11.7 Å². The molecule has 2 atom stereocenters. The van der Waals surface area contributed by atoms with Gasteiger partial charge in [0.05, 0.1) is 6.61 Å². The number of nitriles is 1. The second-order valence-corrected chi connectivity index (χ2v) is 8.35. The van der Waals surface area contributed by atoms with E-state index >= 15 is 0 Å². The molecule has 7 heteroatoms. The molecule has 1 aliphatic carbocycles. The molecule has 2 N–H and O–H groups in total. The minimum absolute atomic E-state index is 0.0381. The Morgan fingerprint density at radius 2 is 1.85 bits per heavy atom. The maximum absolute atomic E-state index is 12.7. The van der Waals surface area contributed by atoms with Crippen molar-refractivity contribution in [2.45, 2.75) is 45.6 Å². The molecule has 0 unspecified atom stereocenters. The van der Waals surface area contributed by atoms with E-state index in [2.05, 4.69) is 17.6 Å². The predicted octanol–water partition coefficient (Wildman–Crippen LogP) is 4.70. The molecule has 3 rings (SSSR count). The third-order valence-electron chi connectivity index (χ3n) is 5.79. The van der Waals surface area contributed by atoms with Crippen LogP contribution in [0.15, 0.2) is 54.1 Å². The van der Waals surface area contributed by atoms with Gasteiger partial charge in [-0.25, -0.2) is 0 Å². The van der Waals surface area contributed by atoms with Crippen molar-refractivity contribution in [3.63, 3.8) is 0 Å². The minimum Gasteiger partial charge on any atom is -0.490 e. The van der Waals surface area contributed by atoms with Crippen molar-refractivity contribution in [2.24, 2.45) is 5.92 Å². The Morgan fingerprint density at radius 1 is 1.09 bits per heavy atom. The zero-order valence-corrected chi connectivity index (χ0v) is 19.7. The average Bonchev–Trinajstić information content (AvgIpc) is 2.84. The van der Waals surface area contributed by atoms with Crippen LogP contribution in [0.3, 0.4) is 0 Å². The van der Waals surface area contributed by atoms with Crippen molar-refractivity contribution >= 4 is 23.6 Å². The highest BCUT2D eigenvalue weighted by molar-refractivity contribution is 6.02. The topological polar surface area (TPSA) is 100 Å². The van der Waals surface area contributed by atoms with E-state index in [9.17, 15) is 14.9 Å². The summed E-state index contributed by atoms with van der Waals surface area (Å²) in [5.41, 5.74) is 1.36. The lowest BCUT2D eigenvalue weighted by molar-refractivity contribution is -0.119. The summed E-state index contributed by atoms with van der Waals surface area (Å²) in [6.45, 7) is 4.18. The Bertz CT molecular complexity index is 1060. The fourth-order valence-corrected chi connectivity index (χ4v) is 3.96. The number of carbonyl (C=O) groups excluding carboxylic acids is 2. The average molecular weight is 462 g/mol. The highest BCUT2D eigenvalue weighted by Crippen LogP contribution is 2.30. The van der Waals surface area contributed by atoms with Crippen LogP contribution in [0.25, 0.3) is 6.08 Å². The van der Waals surface area contributed by atoms with E-state index in [0.29, 0.717) is 35.3 Å². The number of anilines is 1. The summed E-state index contributed by atoms with van der Waals surface area (Å²) in [6.07, 6.45) is 5.82. The number of rotatable bonds is 9. The van der Waals surface area contributed by atoms with Crippen LogP contribution in [-0.2, 0) is 9.59 Å². The zero-order chi connectivity index (χ0) is 24.3. The van der Waals surface area contributed by atoms with Crippen molar-refractivity contribution in [1.82, 2.24) is 5.32 Å². The van der Waals surface area contributed by atoms with Crippen LogP contribution in [0.1, 0.15) is 45.1 Å². The van der Waals surface area contributed by atoms with Crippen molar-refractivity contribution in [3.05, 3.63) is 59.7 Å². The van der Waals surface area contributed by atoms with E-state index in [1.807, 2.05) is 31.2 Å². The maximum Gasteiger partial charge on any atom is 0.262 e. The van der Waals surface area contributed by atoms with Gasteiger partial charge in [0.15, 0.2) is 18.1 Å². The summed E-state index contributed by atoms with van der Waals surface area (Å²) in [5, 5.41) is 15.3. The number of nitrogens with one attached hydrogen (secondary N) is 2. The van der Waals surface area contributed by atoms with Gasteiger partial charge in [-0.1, -0.05) is 44.0 Å². The molecule has 0 aromatic heterocycles. The van der Waals surface area contributed by atoms with E-state index in [1.165, 1.54) is 12.5 Å². The number of ether oxygens (including phenoxy) is 2. The summed E-state index contributed by atoms with van der Waals surface area (Å²) in [5.74, 6) is 0.580. The predicted molar refractivity (Wildman–Crippen MR) is 131 cm³/mol. The monoisotopic (exact) mass is 461 g/mol. The fourth-order valence-electron chi connectivity index (χ4n) is 3.96. The van der Waals surface area contributed by atoms with Gasteiger partial charge in [-0.3, -0.25) is 9.59 Å². The first-order valence-corrected chi connectivity index (χ1v) is 11.7. The largest absolute Gasteiger partial charge is 0.490 e. The van der Waals surface area contributed by atoms with E-state index in [1.54, 1.807) is 30.3 Å². The van der Waals surface area contributed by atoms with Gasteiger partial charge in [0.25, 0.3) is 11.8 Å². The van der Waals surface area contributed by atoms with Crippen LogP contribution < -0.4 is 20.1 Å². The Morgan fingerprint density at radius 3 is 2.56 bits per heavy atom. The van der Waals surface area contributed by atoms with Crippen molar-refractivity contribution in [1.29, 1.82) is 5.26 Å². The number of carbonyl (C=O) groups is 2. The van der Waals surface area contributed by atoms with Gasteiger partial charge in [0.2, 0.25) is 0 Å². The normalized spacial score (nSPS) is 17.9. The van der Waals surface area contributed by atoms with Crippen LogP contribution in [0, 0.1) is 17.2 Å². The first-order chi connectivity index (χ1) is 16.5. The number of benzene rings is 2. The fraction of sp³-hybridized carbons (Fsp3) is 0.370. The summed E-state index contributed by atoms with van der Waals surface area (Å²) < 4.78 is 11.3. The van der Waals surface area contributed by atoms with Crippen molar-refractivity contribution in [3.8, 4) is 17.6 Å². The first kappa shape index (κ1) is 24.8. The highest BCUT2D eigenvalue weighted by Gasteiger charge is 2.24. The van der Waals surface area contributed by atoms with Gasteiger partial charge in [0.1, 0.15) is 11.6 Å². The lowest BCUT2D eigenvalue weighted by atomic mass is 9.86. The van der Waals surface area contributed by atoms with Gasteiger partial charge < -0.3 is 20.1 Å². The third-order valence-corrected chi connectivity index (χ3v) is 5.79. The molecule has 0 saturated heterocycles. The smallest absolute Gasteiger partial charge is 0.262 e. The first-order valence-electron chi connectivity index (χ1n) is 11.7. The van der Waals surface area contributed by atoms with Gasteiger partial charge in [-0.05, 0) is 61.6 Å². The molecular weight excluding hydrogens is 430 g/mol. The molecule has 7 nitrogen and oxygen atoms in total. The zero-order valence-electron chi connectivity index (χ0n) is 19.7. The quantitative estimate of drug-likeness (QED) is 0.416. The molecule has 1 saturated carbocycles. The second-order valence-electron chi connectivity index (χ2n) is 8.35. The van der Waals surface area contributed by atoms with Gasteiger partial charge in [-0.15, -0.1) is 0 Å². The Hall–Kier alpha value is -3.79. The lowest BCUT2D eigenvalue weighted by Crippen LogP contribution is -2.41. The maximum atomic E-state index is 12.7. The molecule has 2 aromatic rings. The Labute approximate surface area is 200 Å². The molecule has 178 valence electrons. The minimum atomic E-state index is -0.364. The van der Waals surface area contributed by atoms with Crippen LogP contribution in [-0.4, -0.2) is 31.1 Å². The van der Waals surface area contributed by atoms with E-state index < -0.39 is 0 Å². The molecule has 1 fully saturated rings. The molecule has 0 heterocycles. The molecule has 2 amide bonds. The van der Waals surface area contributed by atoms with Crippen molar-refractivity contribution < 1.29 is 19.1 Å². The number of para-hydroxylation sites is 1. The summed E-state index contributed by atoms with van der Waals surface area (Å²) in [4.78, 5) is 24.9. The molecule has 0 spiro atoms. The van der Waals surface area contributed by atoms with E-state index in [4.69, 9.17) is 9.47 Å². The standard InChI is InChI=1S/C27H31N3O4/c1-3-33-25-16-20(15-21(17-28)27(32)30-23-12-8-7-9-19(23)2)13-14-24(25)34-18-26(31)29-22-10-5-4-6-11-22/h4-6,10-11,13-16,19,23H,3,7-9,12,18H2,1-2H3,(H,29,31)(H,30,32)/b21-15+/t19-,23+/m0/s1. The summed E-state index contributed by atoms with van der Waals surface area (Å²) in [7, 11) is 0. The van der Waals surface area contributed by atoms with E-state index in [-0.39, 0.29) is 30.0 Å². The summed E-state index contributed by atoms with van der Waals surface area (Å²) in [6, 6.07) is 16.3. The molecule has 1 aliphatic rings. The van der Waals surface area contributed by atoms with Crippen LogP contribution >= 0.6 is 0 Å². The van der Waals surface area contributed by atoms with Gasteiger partial charge in [-0.2, -0.15) is 5.26 Å². The molecule has 0 aliphatic heterocycles. The number of hydrogen-bond donors (Lipinski definition) is 2. The number of nitrogens with zero attached hydrogens (tertiary/aromatic N) is 1. The van der Waals surface area contributed by atoms with Crippen LogP contribution in [0.5, 0.6) is 11.5 Å². The third kappa shape index (κ3) is 7.11. The molecule has 2 aromatic carbocycles. The number of amides is 2. The lowest BCUT2D eigenvalue weighted by Gasteiger charge is -2.29. The summed E-state index contributed by atoms with van der Waals surface area (Å²) >= 11 is 0. The van der Waals surface area contributed by atoms with Crippen LogP contribution in [0.2, 0.25) is 0 Å². The van der Waals surface area contributed by atoms with Crippen molar-refractivity contribution in [2.75, 3.05) is 18.5 Å². The number of hydrogen-bond acceptors (Lipinski definition) is 5. The molecule has 0 bridgehead atoms. The second kappa shape index (κ2) is 12.4. The molecule has 34 heavy (non-hydrogen) atoms. The van der Waals surface area contributed by atoms with Crippen LogP contribution in [0.4, 0.5) is 5.69 Å². The van der Waals surface area contributed by atoms with E-state index in [0.717, 1.165) is 19.3 Å². The Kier molecular flexibility index (Phi) is 9.10. The SMILES string of the molecule is CCOc1cc(/C=C(\C#N)C(=O)N[C@@H]2CCCC[C@@H]2C)ccc1OCC(=O)Nc1ccccc1. The van der Waals surface area contributed by atoms with Gasteiger partial charge >= 0.3 is 0 Å².